The van der Waals surface area contributed by atoms with E-state index < -0.39 is 75.7 Å². The molecule has 1 saturated carbocycles. The second kappa shape index (κ2) is 35.9. The van der Waals surface area contributed by atoms with Crippen LogP contribution in [-0.4, -0.2) is 98.3 Å². The van der Waals surface area contributed by atoms with E-state index in [0.29, 0.717) is 12.8 Å². The Kier molecular flexibility index (Phi) is 33.7. The van der Waals surface area contributed by atoms with Crippen molar-refractivity contribution in [1.82, 2.24) is 0 Å². The number of ether oxygens (including phenoxy) is 2. The molecule has 0 aromatic carbocycles. The number of aliphatic hydroxyl groups is 5. The Morgan fingerprint density at radius 3 is 1.41 bits per heavy atom. The van der Waals surface area contributed by atoms with Gasteiger partial charge in [0, 0.05) is 12.8 Å². The van der Waals surface area contributed by atoms with Gasteiger partial charge < -0.3 is 39.9 Å². The van der Waals surface area contributed by atoms with Crippen molar-refractivity contribution in [3.8, 4) is 0 Å². The molecule has 0 aromatic rings. The van der Waals surface area contributed by atoms with Crippen LogP contribution in [0.1, 0.15) is 194 Å². The first-order valence-corrected chi connectivity index (χ1v) is 24.6. The number of allylic oxidation sites excluding steroid dienone is 4. The molecule has 13 nitrogen and oxygen atoms in total. The first kappa shape index (κ1) is 55.3. The molecule has 6 N–H and O–H groups in total. The highest BCUT2D eigenvalue weighted by Gasteiger charge is 2.51. The molecule has 59 heavy (non-hydrogen) atoms. The van der Waals surface area contributed by atoms with Gasteiger partial charge in [-0.1, -0.05) is 160 Å². The minimum atomic E-state index is -5.11. The summed E-state index contributed by atoms with van der Waals surface area (Å²) in [5.74, 6) is -1.10. The molecule has 0 heterocycles. The van der Waals surface area contributed by atoms with E-state index in [9.17, 15) is 44.6 Å². The van der Waals surface area contributed by atoms with E-state index in [0.717, 1.165) is 64.2 Å². The molecule has 346 valence electrons. The minimum Gasteiger partial charge on any atom is -0.462 e. The van der Waals surface area contributed by atoms with Crippen molar-refractivity contribution in [2.75, 3.05) is 13.2 Å². The molecular weight excluding hydrogens is 779 g/mol. The number of unbranched alkanes of at least 4 members (excludes halogenated alkanes) is 22. The fourth-order valence-corrected chi connectivity index (χ4v) is 8.00. The smallest absolute Gasteiger partial charge is 0.462 e. The van der Waals surface area contributed by atoms with E-state index in [1.807, 2.05) is 0 Å². The van der Waals surface area contributed by atoms with E-state index >= 15 is 0 Å². The Labute approximate surface area is 356 Å². The van der Waals surface area contributed by atoms with Gasteiger partial charge in [0.2, 0.25) is 0 Å². The lowest BCUT2D eigenvalue weighted by Crippen LogP contribution is -2.64. The maximum Gasteiger partial charge on any atom is 0.472 e. The van der Waals surface area contributed by atoms with Crippen molar-refractivity contribution in [2.45, 2.75) is 236 Å². The lowest BCUT2D eigenvalue weighted by atomic mass is 9.85. The summed E-state index contributed by atoms with van der Waals surface area (Å²) in [5, 5.41) is 50.1. The van der Waals surface area contributed by atoms with Crippen molar-refractivity contribution >= 4 is 19.8 Å². The third-order valence-electron chi connectivity index (χ3n) is 10.8. The van der Waals surface area contributed by atoms with Gasteiger partial charge in [0.1, 0.15) is 43.2 Å². The number of hydrogen-bond acceptors (Lipinski definition) is 12. The molecule has 1 fully saturated rings. The quantitative estimate of drug-likeness (QED) is 0.0149. The minimum absolute atomic E-state index is 0.0992. The van der Waals surface area contributed by atoms with Crippen LogP contribution in [0.25, 0.3) is 0 Å². The lowest BCUT2D eigenvalue weighted by Gasteiger charge is -2.41. The second-order valence-corrected chi connectivity index (χ2v) is 17.7. The van der Waals surface area contributed by atoms with E-state index in [4.69, 9.17) is 18.5 Å². The van der Waals surface area contributed by atoms with Crippen LogP contribution in [0.15, 0.2) is 24.3 Å². The van der Waals surface area contributed by atoms with Crippen LogP contribution in [0.3, 0.4) is 0 Å². The van der Waals surface area contributed by atoms with Gasteiger partial charge in [-0.15, -0.1) is 0 Å². The average Bonchev–Trinajstić information content (AvgIpc) is 3.21. The molecule has 1 rings (SSSR count). The summed E-state index contributed by atoms with van der Waals surface area (Å²) in [6.45, 7) is 3.26. The number of carbonyl (C=O) groups excluding carboxylic acids is 2. The molecule has 0 radical (unpaired) electrons. The Bertz CT molecular complexity index is 1130. The third-order valence-corrected chi connectivity index (χ3v) is 11.8. The molecular formula is C45H83O13P. The monoisotopic (exact) mass is 863 g/mol. The molecule has 1 aliphatic carbocycles. The summed E-state index contributed by atoms with van der Waals surface area (Å²) < 4.78 is 33.5. The lowest BCUT2D eigenvalue weighted by molar-refractivity contribution is -0.220. The number of phosphoric acid groups is 1. The molecule has 8 atom stereocenters. The van der Waals surface area contributed by atoms with Gasteiger partial charge in [0.25, 0.3) is 0 Å². The van der Waals surface area contributed by atoms with Crippen molar-refractivity contribution in [3.63, 3.8) is 0 Å². The number of carbonyl (C=O) groups is 2. The predicted molar refractivity (Wildman–Crippen MR) is 230 cm³/mol. The first-order chi connectivity index (χ1) is 28.4. The van der Waals surface area contributed by atoms with Gasteiger partial charge in [-0.25, -0.2) is 4.57 Å². The molecule has 1 aliphatic rings. The first-order valence-electron chi connectivity index (χ1n) is 23.1. The van der Waals surface area contributed by atoms with Crippen LogP contribution >= 0.6 is 7.82 Å². The third kappa shape index (κ3) is 28.5. The topological polar surface area (TPSA) is 210 Å². The van der Waals surface area contributed by atoms with Gasteiger partial charge in [-0.05, 0) is 44.9 Å². The van der Waals surface area contributed by atoms with Crippen LogP contribution in [0, 0.1) is 0 Å². The average molecular weight is 863 g/mol. The maximum absolute atomic E-state index is 12.8. The Hall–Kier alpha value is -1.67. The number of rotatable bonds is 38. The molecule has 14 heteroatoms. The predicted octanol–water partition coefficient (Wildman–Crippen LogP) is 8.84. The molecule has 6 unspecified atom stereocenters. The van der Waals surface area contributed by atoms with Crippen molar-refractivity contribution in [3.05, 3.63) is 24.3 Å². The highest BCUT2D eigenvalue weighted by atomic mass is 31.2. The zero-order valence-electron chi connectivity index (χ0n) is 36.6. The Balaban J connectivity index is 2.42. The van der Waals surface area contributed by atoms with Gasteiger partial charge in [0.15, 0.2) is 6.10 Å². The van der Waals surface area contributed by atoms with Gasteiger partial charge in [0.05, 0.1) is 6.61 Å². The Morgan fingerprint density at radius 2 is 0.915 bits per heavy atom. The number of phosphoric ester groups is 1. The summed E-state index contributed by atoms with van der Waals surface area (Å²) in [7, 11) is -5.11. The Morgan fingerprint density at radius 1 is 0.525 bits per heavy atom. The SMILES string of the molecule is CCCCC/C=C\C/C=C\CCCCCCCCCCCC(=O)OC[C@H](COP(=O)(O)OC1C(O)C(O)C(O)[C@@H](O)C1O)OC(=O)CCCCCCCCCCCCC. The standard InChI is InChI=1S/C45H83O13P/c1-3-5-7-9-11-13-15-16-17-18-19-20-21-22-24-25-27-29-31-33-38(46)55-35-37(57-39(47)34-32-30-28-26-23-14-12-10-8-6-4-2)36-56-59(53,54)58-45-43(51)41(49)40(48)42(50)44(45)52/h11,13,16-17,37,40-45,48-52H,3-10,12,14-15,18-36H2,1-2H3,(H,53,54)/b13-11-,17-16-/t37-,40?,41-,42?,43?,44?,45?/m1/s1. The van der Waals surface area contributed by atoms with Crippen LogP contribution in [-0.2, 0) is 32.7 Å². The van der Waals surface area contributed by atoms with Crippen LogP contribution < -0.4 is 0 Å². The van der Waals surface area contributed by atoms with Gasteiger partial charge >= 0.3 is 19.8 Å². The van der Waals surface area contributed by atoms with E-state index in [1.54, 1.807) is 0 Å². The van der Waals surface area contributed by atoms with Crippen LogP contribution in [0.4, 0.5) is 0 Å². The summed E-state index contributed by atoms with van der Waals surface area (Å²) in [6, 6.07) is 0. The zero-order chi connectivity index (χ0) is 43.6. The summed E-state index contributed by atoms with van der Waals surface area (Å²) in [4.78, 5) is 35.6. The highest BCUT2D eigenvalue weighted by Crippen LogP contribution is 2.47. The van der Waals surface area contributed by atoms with Crippen molar-refractivity contribution < 1.29 is 63.1 Å². The fraction of sp³-hybridized carbons (Fsp3) is 0.867. The molecule has 0 spiro atoms. The number of aliphatic hydroxyl groups excluding tert-OH is 5. The van der Waals surface area contributed by atoms with Crippen LogP contribution in [0.2, 0.25) is 0 Å². The van der Waals surface area contributed by atoms with Gasteiger partial charge in [-0.3, -0.25) is 18.6 Å². The molecule has 0 aromatic heterocycles. The van der Waals surface area contributed by atoms with Gasteiger partial charge in [-0.2, -0.15) is 0 Å². The van der Waals surface area contributed by atoms with E-state index in [-0.39, 0.29) is 12.8 Å². The highest BCUT2D eigenvalue weighted by molar-refractivity contribution is 7.47. The zero-order valence-corrected chi connectivity index (χ0v) is 37.4. The molecule has 0 saturated heterocycles. The van der Waals surface area contributed by atoms with Crippen molar-refractivity contribution in [1.29, 1.82) is 0 Å². The van der Waals surface area contributed by atoms with E-state index in [1.165, 1.54) is 89.9 Å². The fourth-order valence-electron chi connectivity index (χ4n) is 7.02. The summed E-state index contributed by atoms with van der Waals surface area (Å²) in [6.07, 6.45) is 25.2. The maximum atomic E-state index is 12.8. The molecule has 0 amide bonds. The summed E-state index contributed by atoms with van der Waals surface area (Å²) >= 11 is 0. The second-order valence-electron chi connectivity index (χ2n) is 16.3. The van der Waals surface area contributed by atoms with Crippen molar-refractivity contribution in [2.24, 2.45) is 0 Å². The molecule has 0 bridgehead atoms. The molecule has 0 aliphatic heterocycles. The number of esters is 2. The van der Waals surface area contributed by atoms with Crippen LogP contribution in [0.5, 0.6) is 0 Å². The normalized spacial score (nSPS) is 22.5. The van der Waals surface area contributed by atoms with E-state index in [2.05, 4.69) is 38.2 Å². The number of hydrogen-bond donors (Lipinski definition) is 6. The largest absolute Gasteiger partial charge is 0.472 e. The summed E-state index contributed by atoms with van der Waals surface area (Å²) in [5.41, 5.74) is 0.